The van der Waals surface area contributed by atoms with E-state index in [1.165, 1.54) is 0 Å². The quantitative estimate of drug-likeness (QED) is 0.114. The molecule has 0 aliphatic rings. The number of pyridine rings is 1. The minimum atomic E-state index is -0.265. The Balaban J connectivity index is 1.60. The Bertz CT molecular complexity index is 1440. The second-order valence-electron chi connectivity index (χ2n) is 8.36. The molecule has 1 amide bonds. The summed E-state index contributed by atoms with van der Waals surface area (Å²) < 4.78 is 0.975. The molecule has 0 aliphatic carbocycles. The van der Waals surface area contributed by atoms with E-state index in [9.17, 15) is 10.0 Å². The predicted molar refractivity (Wildman–Crippen MR) is 140 cm³/mol. The van der Waals surface area contributed by atoms with Crippen molar-refractivity contribution in [2.24, 2.45) is 10.7 Å². The van der Waals surface area contributed by atoms with Gasteiger partial charge in [-0.3, -0.25) is 15.2 Å². The Hall–Kier alpha value is -4.85. The normalized spacial score (nSPS) is 11.3. The van der Waals surface area contributed by atoms with E-state index in [-0.39, 0.29) is 18.2 Å². The first kappa shape index (κ1) is 24.3. The lowest BCUT2D eigenvalue weighted by molar-refractivity contribution is -0.120. The molecular weight excluding hydrogens is 452 g/mol. The third-order valence-electron chi connectivity index (χ3n) is 5.73. The van der Waals surface area contributed by atoms with Crippen molar-refractivity contribution in [3.05, 3.63) is 119 Å². The van der Waals surface area contributed by atoms with Gasteiger partial charge in [-0.05, 0) is 41.0 Å². The third kappa shape index (κ3) is 5.98. The number of benzene rings is 3. The van der Waals surface area contributed by atoms with Crippen LogP contribution in [0.5, 0.6) is 0 Å². The molecular formula is C28H28N6O2. The van der Waals surface area contributed by atoms with Gasteiger partial charge in [-0.15, -0.1) is 0 Å². The summed E-state index contributed by atoms with van der Waals surface area (Å²) in [6, 6.07) is 27.7. The van der Waals surface area contributed by atoms with Crippen molar-refractivity contribution in [2.75, 3.05) is 5.73 Å². The fourth-order valence-corrected chi connectivity index (χ4v) is 3.81. The summed E-state index contributed by atoms with van der Waals surface area (Å²) in [5.41, 5.74) is 16.8. The first-order chi connectivity index (χ1) is 17.4. The highest BCUT2D eigenvalue weighted by atomic mass is 16.5. The average molecular weight is 481 g/mol. The minimum Gasteiger partial charge on any atom is -0.427 e. The molecule has 0 spiro atoms. The zero-order chi connectivity index (χ0) is 25.5. The van der Waals surface area contributed by atoms with Crippen LogP contribution < -0.4 is 22.3 Å². The maximum absolute atomic E-state index is 12.9. The molecule has 0 saturated heterocycles. The van der Waals surface area contributed by atoms with Crippen LogP contribution in [-0.2, 0) is 24.3 Å². The number of hydrogen-bond acceptors (Lipinski definition) is 5. The van der Waals surface area contributed by atoms with Gasteiger partial charge >= 0.3 is 0 Å². The van der Waals surface area contributed by atoms with Crippen LogP contribution in [0.3, 0.4) is 0 Å². The highest BCUT2D eigenvalue weighted by molar-refractivity contribution is 5.94. The topological polar surface area (TPSA) is 143 Å². The molecule has 3 aromatic carbocycles. The van der Waals surface area contributed by atoms with Gasteiger partial charge < -0.3 is 22.0 Å². The lowest BCUT2D eigenvalue weighted by Crippen LogP contribution is -2.30. The summed E-state index contributed by atoms with van der Waals surface area (Å²) in [5.74, 6) is -0.275. The molecule has 8 heteroatoms. The molecule has 0 atom stereocenters. The van der Waals surface area contributed by atoms with Crippen LogP contribution in [0.4, 0.5) is 5.69 Å². The van der Waals surface area contributed by atoms with E-state index in [2.05, 4.69) is 10.3 Å². The number of nitrogens with two attached hydrogens (primary N) is 2. The van der Waals surface area contributed by atoms with Gasteiger partial charge in [-0.1, -0.05) is 66.7 Å². The van der Waals surface area contributed by atoms with Gasteiger partial charge in [0.25, 0.3) is 0 Å². The Morgan fingerprint density at radius 2 is 1.69 bits per heavy atom. The maximum Gasteiger partial charge on any atom is 0.226 e. The van der Waals surface area contributed by atoms with E-state index in [4.69, 9.17) is 16.9 Å². The van der Waals surface area contributed by atoms with Crippen molar-refractivity contribution < 1.29 is 10.0 Å². The Morgan fingerprint density at radius 1 is 0.944 bits per heavy atom. The average Bonchev–Trinajstić information content (AvgIpc) is 2.88. The second-order valence-corrected chi connectivity index (χ2v) is 8.36. The summed E-state index contributed by atoms with van der Waals surface area (Å²) in [4.78, 5) is 17.5. The number of aromatic nitrogens is 1. The van der Waals surface area contributed by atoms with Crippen molar-refractivity contribution in [1.82, 2.24) is 10.0 Å². The van der Waals surface area contributed by atoms with Gasteiger partial charge in [-0.25, -0.2) is 0 Å². The number of amidine groups is 1. The number of rotatable bonds is 8. The highest BCUT2D eigenvalue weighted by Crippen LogP contribution is 2.24. The largest absolute Gasteiger partial charge is 0.427 e. The van der Waals surface area contributed by atoms with Crippen LogP contribution in [0, 0.1) is 5.41 Å². The summed E-state index contributed by atoms with van der Waals surface area (Å²) in [6.07, 6.45) is -0.0686. The van der Waals surface area contributed by atoms with E-state index in [0.29, 0.717) is 41.1 Å². The van der Waals surface area contributed by atoms with E-state index < -0.39 is 0 Å². The van der Waals surface area contributed by atoms with Crippen LogP contribution in [0.1, 0.15) is 22.4 Å². The summed E-state index contributed by atoms with van der Waals surface area (Å²) >= 11 is 0. The second kappa shape index (κ2) is 11.1. The number of hydrogen-bond donors (Lipinski definition) is 5. The smallest absolute Gasteiger partial charge is 0.226 e. The molecule has 182 valence electrons. The molecule has 1 aromatic heterocycles. The van der Waals surface area contributed by atoms with Gasteiger partial charge in [0.05, 0.1) is 18.7 Å². The third-order valence-corrected chi connectivity index (χ3v) is 5.73. The van der Waals surface area contributed by atoms with Crippen LogP contribution in [-0.4, -0.2) is 21.7 Å². The zero-order valence-corrected chi connectivity index (χ0v) is 19.7. The number of carbonyl (C=O) groups excluding carboxylic acids is 1. The minimum absolute atomic E-state index is 0.00951. The first-order valence-electron chi connectivity index (χ1n) is 11.5. The Kier molecular flexibility index (Phi) is 7.45. The van der Waals surface area contributed by atoms with Crippen molar-refractivity contribution in [2.45, 2.75) is 19.5 Å². The highest BCUT2D eigenvalue weighted by Gasteiger charge is 2.15. The van der Waals surface area contributed by atoms with Gasteiger partial charge in [0.1, 0.15) is 5.84 Å². The molecule has 0 unspecified atom stereocenters. The van der Waals surface area contributed by atoms with Crippen LogP contribution in [0.15, 0.2) is 96.0 Å². The fraction of sp³-hybridized carbons (Fsp3) is 0.107. The SMILES string of the molecule is N=C(N)c1ccc(CNC(=O)Cc2c(-c3cccc(N)c3)ccc(=NCc3ccccc3)n2O)cc1. The number of anilines is 1. The van der Waals surface area contributed by atoms with Crippen molar-refractivity contribution in [3.63, 3.8) is 0 Å². The predicted octanol–water partition coefficient (Wildman–Crippen LogP) is 3.22. The fourth-order valence-electron chi connectivity index (χ4n) is 3.81. The Labute approximate surface area is 209 Å². The monoisotopic (exact) mass is 480 g/mol. The first-order valence-corrected chi connectivity index (χ1v) is 11.5. The Morgan fingerprint density at radius 3 is 2.39 bits per heavy atom. The molecule has 0 aliphatic heterocycles. The summed E-state index contributed by atoms with van der Waals surface area (Å²) in [7, 11) is 0. The number of amides is 1. The molecule has 0 fully saturated rings. The van der Waals surface area contributed by atoms with E-state index in [1.54, 1.807) is 30.3 Å². The van der Waals surface area contributed by atoms with Gasteiger partial charge in [0.15, 0.2) is 5.49 Å². The summed E-state index contributed by atoms with van der Waals surface area (Å²) in [6.45, 7) is 0.690. The molecule has 4 aromatic rings. The van der Waals surface area contributed by atoms with Crippen molar-refractivity contribution in [1.29, 1.82) is 5.41 Å². The number of nitrogen functional groups attached to an aromatic ring is 2. The van der Waals surface area contributed by atoms with Gasteiger partial charge in [0, 0.05) is 23.4 Å². The maximum atomic E-state index is 12.9. The van der Waals surface area contributed by atoms with Crippen molar-refractivity contribution >= 4 is 17.4 Å². The number of nitrogens with zero attached hydrogens (tertiary/aromatic N) is 2. The molecule has 4 rings (SSSR count). The molecule has 7 N–H and O–H groups in total. The molecule has 36 heavy (non-hydrogen) atoms. The van der Waals surface area contributed by atoms with Crippen LogP contribution >= 0.6 is 0 Å². The molecule has 1 heterocycles. The number of carbonyl (C=O) groups is 1. The lowest BCUT2D eigenvalue weighted by Gasteiger charge is -2.15. The molecule has 0 radical (unpaired) electrons. The van der Waals surface area contributed by atoms with Gasteiger partial charge in [0.2, 0.25) is 5.91 Å². The standard InChI is InChI=1S/C28H28N6O2/c29-23-8-4-7-22(15-23)24-13-14-26(32-17-19-5-2-1-3-6-19)34(36)25(24)16-27(35)33-18-20-9-11-21(12-10-20)28(30)31/h1-15,36H,16-18,29H2,(H3,30,31)(H,33,35). The van der Waals surface area contributed by atoms with Crippen LogP contribution in [0.25, 0.3) is 11.1 Å². The molecule has 8 nitrogen and oxygen atoms in total. The van der Waals surface area contributed by atoms with E-state index >= 15 is 0 Å². The molecule has 0 bridgehead atoms. The zero-order valence-electron chi connectivity index (χ0n) is 19.7. The van der Waals surface area contributed by atoms with Crippen LogP contribution in [0.2, 0.25) is 0 Å². The lowest BCUT2D eigenvalue weighted by atomic mass is 10.0. The summed E-state index contributed by atoms with van der Waals surface area (Å²) in [5, 5.41) is 21.4. The van der Waals surface area contributed by atoms with E-state index in [0.717, 1.165) is 21.4 Å². The number of nitrogens with one attached hydrogen (secondary N) is 2. The van der Waals surface area contributed by atoms with E-state index in [1.807, 2.05) is 60.7 Å². The van der Waals surface area contributed by atoms with Gasteiger partial charge in [-0.2, -0.15) is 4.73 Å². The van der Waals surface area contributed by atoms with Crippen molar-refractivity contribution in [3.8, 4) is 11.1 Å². The molecule has 0 saturated carbocycles.